The minimum absolute atomic E-state index is 0.161. The van der Waals surface area contributed by atoms with E-state index in [4.69, 9.17) is 9.47 Å². The van der Waals surface area contributed by atoms with Crippen LogP contribution in [0.4, 0.5) is 5.69 Å². The third-order valence-electron chi connectivity index (χ3n) is 4.24. The Hall–Kier alpha value is -4.08. The SMILES string of the molecule is COc1ccc(C(=O)COC(=O)CN2C(=O)c3cccc([N+](=O)[O-])c3C2=O)cc1. The molecule has 0 N–H and O–H groups in total. The van der Waals surface area contributed by atoms with E-state index >= 15 is 0 Å². The second-order valence-corrected chi connectivity index (χ2v) is 5.97. The molecule has 3 rings (SSSR count). The molecule has 1 aliphatic rings. The monoisotopic (exact) mass is 398 g/mol. The first-order valence-corrected chi connectivity index (χ1v) is 8.30. The number of nitrogens with zero attached hydrogens (tertiary/aromatic N) is 2. The normalized spacial score (nSPS) is 12.5. The summed E-state index contributed by atoms with van der Waals surface area (Å²) in [5.41, 5.74) is -0.766. The van der Waals surface area contributed by atoms with E-state index in [1.807, 2.05) is 0 Å². The van der Waals surface area contributed by atoms with Gasteiger partial charge in [-0.05, 0) is 30.3 Å². The van der Waals surface area contributed by atoms with Gasteiger partial charge in [0, 0.05) is 11.6 Å². The number of ether oxygens (including phenoxy) is 2. The Morgan fingerprint density at radius 1 is 1.07 bits per heavy atom. The third kappa shape index (κ3) is 3.81. The summed E-state index contributed by atoms with van der Waals surface area (Å²) in [4.78, 5) is 59.7. The van der Waals surface area contributed by atoms with Gasteiger partial charge in [0.2, 0.25) is 0 Å². The number of carbonyl (C=O) groups is 4. The molecule has 1 heterocycles. The molecule has 2 aromatic carbocycles. The maximum Gasteiger partial charge on any atom is 0.326 e. The first kappa shape index (κ1) is 19.7. The standard InChI is InChI=1S/C19H14N2O8/c1-28-12-7-5-11(6-8-12)15(22)10-29-16(23)9-20-18(24)13-3-2-4-14(21(26)27)17(13)19(20)25/h2-8H,9-10H2,1H3. The van der Waals surface area contributed by atoms with Crippen molar-refractivity contribution in [2.75, 3.05) is 20.3 Å². The van der Waals surface area contributed by atoms with Gasteiger partial charge >= 0.3 is 5.97 Å². The number of methoxy groups -OCH3 is 1. The Morgan fingerprint density at radius 3 is 2.38 bits per heavy atom. The lowest BCUT2D eigenvalue weighted by Gasteiger charge is -2.12. The van der Waals surface area contributed by atoms with Crippen LogP contribution in [0.25, 0.3) is 0 Å². The van der Waals surface area contributed by atoms with Crippen molar-refractivity contribution in [2.24, 2.45) is 0 Å². The summed E-state index contributed by atoms with van der Waals surface area (Å²) in [6.07, 6.45) is 0. The summed E-state index contributed by atoms with van der Waals surface area (Å²) in [6.45, 7) is -1.35. The van der Waals surface area contributed by atoms with Crippen LogP contribution in [-0.2, 0) is 9.53 Å². The largest absolute Gasteiger partial charge is 0.497 e. The first-order chi connectivity index (χ1) is 13.8. The van der Waals surface area contributed by atoms with Crippen LogP contribution in [0.15, 0.2) is 42.5 Å². The molecule has 0 fully saturated rings. The van der Waals surface area contributed by atoms with Gasteiger partial charge in [0.1, 0.15) is 17.9 Å². The fourth-order valence-electron chi connectivity index (χ4n) is 2.79. The van der Waals surface area contributed by atoms with Crippen LogP contribution >= 0.6 is 0 Å². The number of fused-ring (bicyclic) bond motifs is 1. The average molecular weight is 398 g/mol. The van der Waals surface area contributed by atoms with Gasteiger partial charge in [-0.3, -0.25) is 34.2 Å². The lowest BCUT2D eigenvalue weighted by Crippen LogP contribution is -2.36. The van der Waals surface area contributed by atoms with Crippen molar-refractivity contribution in [3.05, 3.63) is 69.3 Å². The van der Waals surface area contributed by atoms with E-state index in [1.165, 1.54) is 31.4 Å². The van der Waals surface area contributed by atoms with Gasteiger partial charge in [-0.2, -0.15) is 0 Å². The molecule has 0 atom stereocenters. The fraction of sp³-hybridized carbons (Fsp3) is 0.158. The zero-order valence-corrected chi connectivity index (χ0v) is 15.1. The van der Waals surface area contributed by atoms with Gasteiger partial charge in [-0.1, -0.05) is 6.07 Å². The molecule has 10 nitrogen and oxygen atoms in total. The van der Waals surface area contributed by atoms with Gasteiger partial charge in [-0.25, -0.2) is 0 Å². The summed E-state index contributed by atoms with van der Waals surface area (Å²) < 4.78 is 9.83. The second-order valence-electron chi connectivity index (χ2n) is 5.97. The Balaban J connectivity index is 1.64. The highest BCUT2D eigenvalue weighted by atomic mass is 16.6. The van der Waals surface area contributed by atoms with E-state index in [0.717, 1.165) is 6.07 Å². The van der Waals surface area contributed by atoms with Crippen LogP contribution in [-0.4, -0.2) is 53.7 Å². The molecule has 0 radical (unpaired) electrons. The van der Waals surface area contributed by atoms with Crippen LogP contribution in [0, 0.1) is 10.1 Å². The van der Waals surface area contributed by atoms with Crippen molar-refractivity contribution >= 4 is 29.3 Å². The third-order valence-corrected chi connectivity index (χ3v) is 4.24. The van der Waals surface area contributed by atoms with Crippen molar-refractivity contribution in [3.63, 3.8) is 0 Å². The predicted molar refractivity (Wildman–Crippen MR) is 96.7 cm³/mol. The minimum atomic E-state index is -0.996. The van der Waals surface area contributed by atoms with Crippen LogP contribution in [0.3, 0.4) is 0 Å². The molecule has 0 saturated carbocycles. The molecule has 0 bridgehead atoms. The topological polar surface area (TPSA) is 133 Å². The zero-order valence-electron chi connectivity index (χ0n) is 15.1. The Morgan fingerprint density at radius 2 is 1.76 bits per heavy atom. The first-order valence-electron chi connectivity index (χ1n) is 8.30. The maximum absolute atomic E-state index is 12.4. The Kier molecular flexibility index (Phi) is 5.35. The lowest BCUT2D eigenvalue weighted by atomic mass is 10.1. The van der Waals surface area contributed by atoms with Crippen LogP contribution in [0.5, 0.6) is 5.75 Å². The summed E-state index contributed by atoms with van der Waals surface area (Å²) in [6, 6.07) is 9.77. The van der Waals surface area contributed by atoms with Gasteiger partial charge in [0.15, 0.2) is 12.4 Å². The quantitative estimate of drug-likeness (QED) is 0.226. The molecule has 148 valence electrons. The summed E-state index contributed by atoms with van der Waals surface area (Å²) in [7, 11) is 1.48. The molecule has 0 unspecified atom stereocenters. The van der Waals surface area contributed by atoms with Gasteiger partial charge in [0.25, 0.3) is 17.5 Å². The molecule has 29 heavy (non-hydrogen) atoms. The van der Waals surface area contributed by atoms with Gasteiger partial charge in [-0.15, -0.1) is 0 Å². The fourth-order valence-corrected chi connectivity index (χ4v) is 2.79. The molecule has 10 heteroatoms. The summed E-state index contributed by atoms with van der Waals surface area (Å²) in [5.74, 6) is -2.73. The number of nitro groups is 1. The highest BCUT2D eigenvalue weighted by Gasteiger charge is 2.41. The number of amides is 2. The lowest BCUT2D eigenvalue weighted by molar-refractivity contribution is -0.385. The second kappa shape index (κ2) is 7.89. The number of hydrogen-bond acceptors (Lipinski definition) is 8. The Bertz CT molecular complexity index is 1030. The summed E-state index contributed by atoms with van der Waals surface area (Å²) in [5, 5.41) is 11.1. The number of carbonyl (C=O) groups excluding carboxylic acids is 4. The highest BCUT2D eigenvalue weighted by molar-refractivity contribution is 6.24. The molecule has 2 amide bonds. The van der Waals surface area contributed by atoms with E-state index in [0.29, 0.717) is 10.6 Å². The molecule has 0 aromatic heterocycles. The van der Waals surface area contributed by atoms with Crippen molar-refractivity contribution in [1.29, 1.82) is 0 Å². The van der Waals surface area contributed by atoms with E-state index in [9.17, 15) is 29.3 Å². The van der Waals surface area contributed by atoms with Crippen LogP contribution in [0.1, 0.15) is 31.1 Å². The van der Waals surface area contributed by atoms with Crippen molar-refractivity contribution in [2.45, 2.75) is 0 Å². The molecular formula is C19H14N2O8. The number of hydrogen-bond donors (Lipinski definition) is 0. The predicted octanol–water partition coefficient (Wildman–Crippen LogP) is 1.63. The number of benzene rings is 2. The zero-order chi connectivity index (χ0) is 21.1. The maximum atomic E-state index is 12.4. The average Bonchev–Trinajstić information content (AvgIpc) is 2.97. The van der Waals surface area contributed by atoms with Crippen LogP contribution in [0.2, 0.25) is 0 Å². The van der Waals surface area contributed by atoms with Crippen molar-refractivity contribution in [3.8, 4) is 5.75 Å². The number of esters is 1. The number of nitro benzene ring substituents is 1. The molecule has 0 saturated heterocycles. The highest BCUT2D eigenvalue weighted by Crippen LogP contribution is 2.30. The van der Waals surface area contributed by atoms with E-state index in [1.54, 1.807) is 12.1 Å². The van der Waals surface area contributed by atoms with E-state index in [2.05, 4.69) is 0 Å². The van der Waals surface area contributed by atoms with E-state index in [-0.39, 0.29) is 16.7 Å². The summed E-state index contributed by atoms with van der Waals surface area (Å²) >= 11 is 0. The van der Waals surface area contributed by atoms with Crippen molar-refractivity contribution in [1.82, 2.24) is 4.90 Å². The van der Waals surface area contributed by atoms with E-state index < -0.39 is 47.3 Å². The molecule has 1 aliphatic heterocycles. The van der Waals surface area contributed by atoms with Gasteiger partial charge < -0.3 is 9.47 Å². The Labute approximate surface area is 163 Å². The molecule has 0 aliphatic carbocycles. The van der Waals surface area contributed by atoms with Crippen LogP contribution < -0.4 is 4.74 Å². The van der Waals surface area contributed by atoms with Gasteiger partial charge in [0.05, 0.1) is 17.6 Å². The molecule has 0 spiro atoms. The van der Waals surface area contributed by atoms with Crippen molar-refractivity contribution < 1.29 is 33.6 Å². The number of rotatable bonds is 7. The number of imide groups is 1. The minimum Gasteiger partial charge on any atom is -0.497 e. The smallest absolute Gasteiger partial charge is 0.326 e. The number of Topliss-reactive ketones (excluding diaryl/α,β-unsaturated/α-hetero) is 1. The molecule has 2 aromatic rings. The number of ketones is 1. The molecular weight excluding hydrogens is 384 g/mol.